The zero-order valence-corrected chi connectivity index (χ0v) is 9.95. The summed E-state index contributed by atoms with van der Waals surface area (Å²) in [7, 11) is 0. The molecule has 5 heteroatoms. The Kier molecular flexibility index (Phi) is 5.61. The maximum absolute atomic E-state index is 10.9. The molecule has 1 rings (SSSR count). The summed E-state index contributed by atoms with van der Waals surface area (Å²) in [4.78, 5) is 10.9. The first kappa shape index (κ1) is 14.2. The highest BCUT2D eigenvalue weighted by Gasteiger charge is 2.36. The van der Waals surface area contributed by atoms with Crippen molar-refractivity contribution in [1.82, 2.24) is 0 Å². The van der Waals surface area contributed by atoms with E-state index in [1.54, 1.807) is 6.92 Å². The summed E-state index contributed by atoms with van der Waals surface area (Å²) in [5.41, 5.74) is 0. The van der Waals surface area contributed by atoms with Gasteiger partial charge in [0, 0.05) is 6.42 Å². The van der Waals surface area contributed by atoms with Crippen molar-refractivity contribution in [2.75, 3.05) is 0 Å². The van der Waals surface area contributed by atoms with E-state index in [0.717, 1.165) is 0 Å². The smallest absolute Gasteiger partial charge is 0.335 e. The second-order valence-electron chi connectivity index (χ2n) is 4.43. The lowest BCUT2D eigenvalue weighted by Gasteiger charge is -2.15. The highest BCUT2D eigenvalue weighted by atomic mass is 16.6. The first-order valence-electron chi connectivity index (χ1n) is 5.90. The van der Waals surface area contributed by atoms with Gasteiger partial charge in [0.05, 0.1) is 12.2 Å². The van der Waals surface area contributed by atoms with Crippen molar-refractivity contribution in [2.24, 2.45) is 0 Å². The third kappa shape index (κ3) is 4.85. The molecule has 1 heterocycles. The van der Waals surface area contributed by atoms with Gasteiger partial charge in [0.25, 0.3) is 0 Å². The van der Waals surface area contributed by atoms with Crippen LogP contribution in [-0.4, -0.2) is 45.7 Å². The van der Waals surface area contributed by atoms with Crippen LogP contribution in [0.15, 0.2) is 12.2 Å². The van der Waals surface area contributed by atoms with E-state index in [1.165, 1.54) is 0 Å². The number of aliphatic hydroxyl groups is 3. The number of hydrogen-bond acceptors (Lipinski definition) is 5. The number of esters is 1. The molecule has 1 aliphatic heterocycles. The van der Waals surface area contributed by atoms with Crippen molar-refractivity contribution in [1.29, 1.82) is 0 Å². The molecule has 17 heavy (non-hydrogen) atoms. The van der Waals surface area contributed by atoms with Gasteiger partial charge in [-0.05, 0) is 26.2 Å². The average molecular weight is 244 g/mol. The fourth-order valence-electron chi connectivity index (χ4n) is 1.69. The molecule has 5 nitrogen and oxygen atoms in total. The van der Waals surface area contributed by atoms with Crippen molar-refractivity contribution < 1.29 is 24.9 Å². The summed E-state index contributed by atoms with van der Waals surface area (Å²) in [6.45, 7) is 1.71. The summed E-state index contributed by atoms with van der Waals surface area (Å²) in [5.74, 6) is -0.654. The summed E-state index contributed by atoms with van der Waals surface area (Å²) in [6, 6.07) is 0. The molecule has 1 aliphatic rings. The van der Waals surface area contributed by atoms with Gasteiger partial charge in [0.1, 0.15) is 6.10 Å². The van der Waals surface area contributed by atoms with Crippen LogP contribution in [0.5, 0.6) is 0 Å². The number of ether oxygens (including phenoxy) is 1. The molecular formula is C12H20O5. The highest BCUT2D eigenvalue weighted by Crippen LogP contribution is 2.20. The minimum atomic E-state index is -1.10. The van der Waals surface area contributed by atoms with E-state index >= 15 is 0 Å². The largest absolute Gasteiger partial charge is 0.458 e. The lowest BCUT2D eigenvalue weighted by molar-refractivity contribution is -0.150. The lowest BCUT2D eigenvalue weighted by Crippen LogP contribution is -2.25. The minimum Gasteiger partial charge on any atom is -0.458 e. The number of cyclic esters (lactones) is 1. The molecule has 0 bridgehead atoms. The summed E-state index contributed by atoms with van der Waals surface area (Å²) < 4.78 is 4.83. The average Bonchev–Trinajstić information content (AvgIpc) is 2.58. The van der Waals surface area contributed by atoms with Crippen molar-refractivity contribution >= 4 is 5.97 Å². The third-order valence-corrected chi connectivity index (χ3v) is 2.70. The Bertz CT molecular complexity index is 274. The summed E-state index contributed by atoms with van der Waals surface area (Å²) in [6.07, 6.45) is 2.82. The molecule has 0 radical (unpaired) electrons. The summed E-state index contributed by atoms with van der Waals surface area (Å²) in [5, 5.41) is 27.9. The van der Waals surface area contributed by atoms with Crippen molar-refractivity contribution in [3.05, 3.63) is 12.2 Å². The fourth-order valence-corrected chi connectivity index (χ4v) is 1.69. The number of allylic oxidation sites excluding steroid dienone is 1. The maximum Gasteiger partial charge on any atom is 0.335 e. The van der Waals surface area contributed by atoms with Gasteiger partial charge in [-0.25, -0.2) is 4.79 Å². The Labute approximate surface area is 101 Å². The van der Waals surface area contributed by atoms with Gasteiger partial charge < -0.3 is 20.1 Å². The topological polar surface area (TPSA) is 87.0 Å². The van der Waals surface area contributed by atoms with Crippen molar-refractivity contribution in [3.8, 4) is 0 Å². The SMILES string of the molecule is C[C@H](O)CC=CCC[C@@H](O)[C@H]1C[C@@H](O)C(=O)O1. The predicted octanol–water partition coefficient (Wildman–Crippen LogP) is 0.131. The van der Waals surface area contributed by atoms with Crippen LogP contribution in [0.2, 0.25) is 0 Å². The molecular weight excluding hydrogens is 224 g/mol. The zero-order chi connectivity index (χ0) is 12.8. The fraction of sp³-hybridized carbons (Fsp3) is 0.750. The van der Waals surface area contributed by atoms with Gasteiger partial charge in [0.15, 0.2) is 6.10 Å². The van der Waals surface area contributed by atoms with Crippen LogP contribution in [0.4, 0.5) is 0 Å². The van der Waals surface area contributed by atoms with Crippen LogP contribution in [0, 0.1) is 0 Å². The van der Waals surface area contributed by atoms with Gasteiger partial charge in [0.2, 0.25) is 0 Å². The first-order chi connectivity index (χ1) is 8.00. The Morgan fingerprint density at radius 1 is 1.47 bits per heavy atom. The number of aliphatic hydroxyl groups excluding tert-OH is 3. The van der Waals surface area contributed by atoms with Crippen LogP contribution < -0.4 is 0 Å². The quantitative estimate of drug-likeness (QED) is 0.456. The molecule has 0 amide bonds. The van der Waals surface area contributed by atoms with E-state index in [1.807, 2.05) is 12.2 Å². The lowest BCUT2D eigenvalue weighted by atomic mass is 10.0. The Balaban J connectivity index is 2.19. The Hall–Kier alpha value is -0.910. The van der Waals surface area contributed by atoms with E-state index in [0.29, 0.717) is 19.3 Å². The molecule has 1 saturated heterocycles. The molecule has 4 atom stereocenters. The van der Waals surface area contributed by atoms with Gasteiger partial charge in [-0.2, -0.15) is 0 Å². The van der Waals surface area contributed by atoms with Gasteiger partial charge in [-0.15, -0.1) is 0 Å². The molecule has 1 fully saturated rings. The van der Waals surface area contributed by atoms with Crippen LogP contribution in [-0.2, 0) is 9.53 Å². The molecule has 0 unspecified atom stereocenters. The molecule has 3 N–H and O–H groups in total. The molecule has 0 spiro atoms. The second kappa shape index (κ2) is 6.74. The molecule has 0 aromatic rings. The van der Waals surface area contributed by atoms with E-state index in [9.17, 15) is 9.90 Å². The highest BCUT2D eigenvalue weighted by molar-refractivity contribution is 5.76. The van der Waals surface area contributed by atoms with Gasteiger partial charge in [-0.3, -0.25) is 0 Å². The number of hydrogen-bond donors (Lipinski definition) is 3. The molecule has 0 saturated carbocycles. The van der Waals surface area contributed by atoms with Crippen molar-refractivity contribution in [2.45, 2.75) is 57.0 Å². The Morgan fingerprint density at radius 3 is 2.71 bits per heavy atom. The summed E-state index contributed by atoms with van der Waals surface area (Å²) >= 11 is 0. The number of rotatable bonds is 6. The van der Waals surface area contributed by atoms with Gasteiger partial charge >= 0.3 is 5.97 Å². The normalized spacial score (nSPS) is 28.4. The van der Waals surface area contributed by atoms with E-state index in [4.69, 9.17) is 14.9 Å². The predicted molar refractivity (Wildman–Crippen MR) is 61.2 cm³/mol. The Morgan fingerprint density at radius 2 is 2.18 bits per heavy atom. The van der Waals surface area contributed by atoms with Crippen LogP contribution in [0.3, 0.4) is 0 Å². The molecule has 98 valence electrons. The van der Waals surface area contributed by atoms with Crippen LogP contribution in [0.1, 0.15) is 32.6 Å². The van der Waals surface area contributed by atoms with E-state index < -0.39 is 24.3 Å². The minimum absolute atomic E-state index is 0.164. The molecule has 0 aliphatic carbocycles. The molecule has 0 aromatic carbocycles. The van der Waals surface area contributed by atoms with E-state index in [2.05, 4.69) is 0 Å². The monoisotopic (exact) mass is 244 g/mol. The second-order valence-corrected chi connectivity index (χ2v) is 4.43. The number of carbonyl (C=O) groups excluding carboxylic acids is 1. The standard InChI is InChI=1S/C12H20O5/c1-8(13)5-3-2-4-6-9(14)11-7-10(15)12(16)17-11/h2-3,8-11,13-15H,4-7H2,1H3/t8-,9+,10+,11+/m0/s1. The molecule has 0 aromatic heterocycles. The van der Waals surface area contributed by atoms with Crippen molar-refractivity contribution in [3.63, 3.8) is 0 Å². The third-order valence-electron chi connectivity index (χ3n) is 2.70. The number of carbonyl (C=O) groups is 1. The van der Waals surface area contributed by atoms with Crippen LogP contribution in [0.25, 0.3) is 0 Å². The van der Waals surface area contributed by atoms with Gasteiger partial charge in [-0.1, -0.05) is 12.2 Å². The van der Waals surface area contributed by atoms with Crippen LogP contribution >= 0.6 is 0 Å². The van der Waals surface area contributed by atoms with E-state index in [-0.39, 0.29) is 12.5 Å². The first-order valence-corrected chi connectivity index (χ1v) is 5.90. The maximum atomic E-state index is 10.9. The zero-order valence-electron chi connectivity index (χ0n) is 9.95.